The van der Waals surface area contributed by atoms with Crippen LogP contribution < -0.4 is 5.84 Å². The Bertz CT molecular complexity index is 451. The van der Waals surface area contributed by atoms with Crippen LogP contribution in [0.4, 0.5) is 4.79 Å². The molecular formula is C13H17N3O2. The third-order valence-corrected chi connectivity index (χ3v) is 3.17. The molecule has 1 atom stereocenters. The number of amides is 3. The van der Waals surface area contributed by atoms with Crippen LogP contribution in [0.2, 0.25) is 0 Å². The van der Waals surface area contributed by atoms with Gasteiger partial charge in [0.15, 0.2) is 0 Å². The van der Waals surface area contributed by atoms with Gasteiger partial charge in [-0.15, -0.1) is 0 Å². The molecule has 1 unspecified atom stereocenters. The van der Waals surface area contributed by atoms with Crippen LogP contribution in [-0.4, -0.2) is 34.4 Å². The smallest absolute Gasteiger partial charge is 0.316 e. The number of urea groups is 1. The molecule has 0 spiro atoms. The summed E-state index contributed by atoms with van der Waals surface area (Å²) in [5.74, 6) is 5.13. The highest BCUT2D eigenvalue weighted by Crippen LogP contribution is 2.18. The minimum Gasteiger partial charge on any atom is -0.316 e. The second-order valence-electron chi connectivity index (χ2n) is 4.57. The number of carbonyl (C=O) groups excluding carboxylic acids is 2. The first kappa shape index (κ1) is 12.6. The minimum atomic E-state index is -0.420. The Kier molecular flexibility index (Phi) is 3.62. The molecule has 0 radical (unpaired) electrons. The molecule has 1 aliphatic heterocycles. The summed E-state index contributed by atoms with van der Waals surface area (Å²) in [4.78, 5) is 25.0. The van der Waals surface area contributed by atoms with Gasteiger partial charge in [0.2, 0.25) is 5.91 Å². The van der Waals surface area contributed by atoms with E-state index in [2.05, 4.69) is 0 Å². The number of hydrogen-bond acceptors (Lipinski definition) is 3. The maximum Gasteiger partial charge on any atom is 0.341 e. The average Bonchev–Trinajstić information content (AvgIpc) is 2.60. The van der Waals surface area contributed by atoms with E-state index in [1.54, 1.807) is 4.90 Å². The summed E-state index contributed by atoms with van der Waals surface area (Å²) in [6.07, 6.45) is 11.0. The molecule has 0 aromatic carbocycles. The SMILES string of the molecule is CC1CC(=O)N(N)C(=O)N1CC1=CC=CC=CC1. The zero-order valence-corrected chi connectivity index (χ0v) is 10.4. The van der Waals surface area contributed by atoms with Crippen LogP contribution in [0, 0.1) is 0 Å². The Morgan fingerprint density at radius 1 is 1.33 bits per heavy atom. The number of hydrogen-bond donors (Lipinski definition) is 1. The molecule has 1 fully saturated rings. The summed E-state index contributed by atoms with van der Waals surface area (Å²) in [5, 5.41) is 0.711. The van der Waals surface area contributed by atoms with E-state index < -0.39 is 6.03 Å². The molecule has 96 valence electrons. The molecule has 5 heteroatoms. The maximum absolute atomic E-state index is 11.9. The van der Waals surface area contributed by atoms with E-state index in [1.165, 1.54) is 0 Å². The monoisotopic (exact) mass is 247 g/mol. The fourth-order valence-corrected chi connectivity index (χ4v) is 2.08. The van der Waals surface area contributed by atoms with Crippen LogP contribution in [0.15, 0.2) is 36.0 Å². The van der Waals surface area contributed by atoms with Gasteiger partial charge in [-0.05, 0) is 18.9 Å². The van der Waals surface area contributed by atoms with Crippen molar-refractivity contribution < 1.29 is 9.59 Å². The van der Waals surface area contributed by atoms with Crippen LogP contribution in [0.3, 0.4) is 0 Å². The Morgan fingerprint density at radius 3 is 2.89 bits per heavy atom. The normalized spacial score (nSPS) is 24.3. The lowest BCUT2D eigenvalue weighted by atomic mass is 10.1. The standard InChI is InChI=1S/C13H17N3O2/c1-10-8-12(17)16(14)13(18)15(10)9-11-6-4-2-3-5-7-11/h2-6,10H,7-9,14H2,1H3. The van der Waals surface area contributed by atoms with Crippen LogP contribution >= 0.6 is 0 Å². The molecule has 1 heterocycles. The minimum absolute atomic E-state index is 0.109. The number of rotatable bonds is 2. The lowest BCUT2D eigenvalue weighted by Gasteiger charge is -2.37. The van der Waals surface area contributed by atoms with Crippen molar-refractivity contribution in [3.8, 4) is 0 Å². The van der Waals surface area contributed by atoms with E-state index in [1.807, 2.05) is 37.3 Å². The van der Waals surface area contributed by atoms with Crippen molar-refractivity contribution in [2.24, 2.45) is 5.84 Å². The van der Waals surface area contributed by atoms with Gasteiger partial charge < -0.3 is 4.90 Å². The van der Waals surface area contributed by atoms with Crippen molar-refractivity contribution in [1.82, 2.24) is 9.91 Å². The van der Waals surface area contributed by atoms with E-state index in [4.69, 9.17) is 5.84 Å². The summed E-state index contributed by atoms with van der Waals surface area (Å²) >= 11 is 0. The van der Waals surface area contributed by atoms with Gasteiger partial charge in [0, 0.05) is 19.0 Å². The third-order valence-electron chi connectivity index (χ3n) is 3.17. The first-order chi connectivity index (χ1) is 8.59. The van der Waals surface area contributed by atoms with Crippen LogP contribution in [0.5, 0.6) is 0 Å². The number of hydrazine groups is 1. The molecule has 5 nitrogen and oxygen atoms in total. The molecule has 0 bridgehead atoms. The van der Waals surface area contributed by atoms with E-state index >= 15 is 0 Å². The van der Waals surface area contributed by atoms with Crippen LogP contribution in [0.1, 0.15) is 19.8 Å². The predicted octanol–water partition coefficient (Wildman–Crippen LogP) is 1.35. The van der Waals surface area contributed by atoms with Gasteiger partial charge in [0.1, 0.15) is 0 Å². The van der Waals surface area contributed by atoms with Crippen molar-refractivity contribution in [3.63, 3.8) is 0 Å². The Balaban J connectivity index is 2.10. The number of nitrogens with zero attached hydrogens (tertiary/aromatic N) is 2. The Labute approximate surface area is 106 Å². The van der Waals surface area contributed by atoms with Gasteiger partial charge >= 0.3 is 6.03 Å². The largest absolute Gasteiger partial charge is 0.341 e. The van der Waals surface area contributed by atoms with E-state index in [-0.39, 0.29) is 18.4 Å². The lowest BCUT2D eigenvalue weighted by molar-refractivity contribution is -0.132. The van der Waals surface area contributed by atoms with Gasteiger partial charge in [-0.2, -0.15) is 5.01 Å². The molecule has 3 amide bonds. The topological polar surface area (TPSA) is 66.6 Å². The highest BCUT2D eigenvalue weighted by Gasteiger charge is 2.35. The number of nitrogens with two attached hydrogens (primary N) is 1. The van der Waals surface area contributed by atoms with E-state index in [0.717, 1.165) is 12.0 Å². The quantitative estimate of drug-likeness (QED) is 0.591. The van der Waals surface area contributed by atoms with E-state index in [0.29, 0.717) is 11.6 Å². The zero-order valence-electron chi connectivity index (χ0n) is 10.4. The molecule has 0 aromatic heterocycles. The van der Waals surface area contributed by atoms with Crippen LogP contribution in [0.25, 0.3) is 0 Å². The highest BCUT2D eigenvalue weighted by molar-refractivity contribution is 5.96. The first-order valence-electron chi connectivity index (χ1n) is 5.99. The summed E-state index contributed by atoms with van der Waals surface area (Å²) < 4.78 is 0. The second kappa shape index (κ2) is 5.18. The van der Waals surface area contributed by atoms with Crippen molar-refractivity contribution in [3.05, 3.63) is 36.0 Å². The highest BCUT2D eigenvalue weighted by atomic mass is 16.2. The number of allylic oxidation sites excluding steroid dienone is 5. The summed E-state index contributed by atoms with van der Waals surface area (Å²) in [6.45, 7) is 2.38. The molecular weight excluding hydrogens is 230 g/mol. The third kappa shape index (κ3) is 2.51. The zero-order chi connectivity index (χ0) is 13.1. The van der Waals surface area contributed by atoms with Gasteiger partial charge in [0.05, 0.1) is 0 Å². The predicted molar refractivity (Wildman–Crippen MR) is 68.2 cm³/mol. The number of carbonyl (C=O) groups is 2. The summed E-state index contributed by atoms with van der Waals surface area (Å²) in [6, 6.07) is -0.529. The molecule has 18 heavy (non-hydrogen) atoms. The summed E-state index contributed by atoms with van der Waals surface area (Å²) in [5.41, 5.74) is 1.13. The lowest BCUT2D eigenvalue weighted by Crippen LogP contribution is -2.59. The van der Waals surface area contributed by atoms with Gasteiger partial charge in [-0.3, -0.25) is 4.79 Å². The summed E-state index contributed by atoms with van der Waals surface area (Å²) in [7, 11) is 0. The molecule has 0 aromatic rings. The number of imide groups is 1. The van der Waals surface area contributed by atoms with Crippen molar-refractivity contribution in [2.75, 3.05) is 6.54 Å². The Morgan fingerprint density at radius 2 is 2.11 bits per heavy atom. The van der Waals surface area contributed by atoms with Gasteiger partial charge in [-0.1, -0.05) is 30.4 Å². The molecule has 1 saturated heterocycles. The van der Waals surface area contributed by atoms with Crippen LogP contribution in [-0.2, 0) is 4.79 Å². The van der Waals surface area contributed by atoms with Crippen molar-refractivity contribution in [1.29, 1.82) is 0 Å². The maximum atomic E-state index is 11.9. The van der Waals surface area contributed by atoms with Crippen molar-refractivity contribution >= 4 is 11.9 Å². The Hall–Kier alpha value is -1.88. The average molecular weight is 247 g/mol. The molecule has 0 saturated carbocycles. The van der Waals surface area contributed by atoms with Gasteiger partial charge in [0.25, 0.3) is 0 Å². The second-order valence-corrected chi connectivity index (χ2v) is 4.57. The molecule has 2 rings (SSSR count). The van der Waals surface area contributed by atoms with Crippen molar-refractivity contribution in [2.45, 2.75) is 25.8 Å². The molecule has 1 aliphatic carbocycles. The molecule has 2 N–H and O–H groups in total. The van der Waals surface area contributed by atoms with E-state index in [9.17, 15) is 9.59 Å². The first-order valence-corrected chi connectivity index (χ1v) is 5.99. The molecule has 2 aliphatic rings. The fraction of sp³-hybridized carbons (Fsp3) is 0.385. The van der Waals surface area contributed by atoms with Gasteiger partial charge in [-0.25, -0.2) is 10.6 Å². The fourth-order valence-electron chi connectivity index (χ4n) is 2.08.